The number of nitrogens with one attached hydrogen (secondary N) is 1. The molecule has 1 fully saturated rings. The molecule has 6 heteroatoms. The van der Waals surface area contributed by atoms with Gasteiger partial charge in [-0.25, -0.2) is 9.97 Å². The molecule has 0 radical (unpaired) electrons. The fraction of sp³-hybridized carbons (Fsp3) is 0.500. The molecule has 1 N–H and O–H groups in total. The number of hydrogen-bond acceptors (Lipinski definition) is 6. The van der Waals surface area contributed by atoms with E-state index in [9.17, 15) is 0 Å². The summed E-state index contributed by atoms with van der Waals surface area (Å²) in [6, 6.07) is 4.67. The van der Waals surface area contributed by atoms with Crippen molar-refractivity contribution >= 4 is 23.0 Å². The average molecular weight is 317 g/mol. The molecular formula is C16H23N5S. The van der Waals surface area contributed by atoms with E-state index in [4.69, 9.17) is 0 Å². The minimum atomic E-state index is 0.463. The second-order valence-corrected chi connectivity index (χ2v) is 7.05. The summed E-state index contributed by atoms with van der Waals surface area (Å²) in [5.74, 6) is 1.85. The number of nitrogens with zero attached hydrogens (tertiary/aromatic N) is 4. The number of likely N-dealkylation sites (tertiary alicyclic amines) is 1. The van der Waals surface area contributed by atoms with Crippen LogP contribution in [0.25, 0.3) is 0 Å². The molecule has 1 unspecified atom stereocenters. The van der Waals surface area contributed by atoms with Crippen LogP contribution in [0.3, 0.4) is 0 Å². The Balaban J connectivity index is 1.57. The lowest BCUT2D eigenvalue weighted by Gasteiger charge is -2.17. The highest BCUT2D eigenvalue weighted by Crippen LogP contribution is 2.22. The second-order valence-electron chi connectivity index (χ2n) is 6.05. The third kappa shape index (κ3) is 3.56. The smallest absolute Gasteiger partial charge is 0.133 e. The van der Waals surface area contributed by atoms with E-state index in [1.807, 2.05) is 36.4 Å². The summed E-state index contributed by atoms with van der Waals surface area (Å²) in [7, 11) is 3.99. The van der Waals surface area contributed by atoms with E-state index in [0.717, 1.165) is 37.7 Å². The molecule has 3 rings (SSSR count). The minimum absolute atomic E-state index is 0.463. The Bertz CT molecular complexity index is 625. The second kappa shape index (κ2) is 6.62. The van der Waals surface area contributed by atoms with Crippen LogP contribution >= 0.6 is 11.3 Å². The van der Waals surface area contributed by atoms with E-state index < -0.39 is 0 Å². The Kier molecular flexibility index (Phi) is 4.59. The molecule has 0 aromatic carbocycles. The summed E-state index contributed by atoms with van der Waals surface area (Å²) in [6.07, 6.45) is 2.78. The van der Waals surface area contributed by atoms with Crippen LogP contribution < -0.4 is 10.2 Å². The monoisotopic (exact) mass is 317 g/mol. The van der Waals surface area contributed by atoms with Crippen LogP contribution in [0.2, 0.25) is 0 Å². The van der Waals surface area contributed by atoms with Crippen molar-refractivity contribution in [1.82, 2.24) is 14.9 Å². The van der Waals surface area contributed by atoms with Gasteiger partial charge in [0.25, 0.3) is 0 Å². The van der Waals surface area contributed by atoms with Gasteiger partial charge < -0.3 is 10.2 Å². The van der Waals surface area contributed by atoms with E-state index in [0.29, 0.717) is 6.04 Å². The highest BCUT2D eigenvalue weighted by atomic mass is 32.1. The maximum absolute atomic E-state index is 4.33. The number of aryl methyl sites for hydroxylation is 1. The first kappa shape index (κ1) is 15.2. The molecule has 1 aliphatic heterocycles. The molecular weight excluding hydrogens is 294 g/mol. The topological polar surface area (TPSA) is 44.3 Å². The molecule has 0 amide bonds. The lowest BCUT2D eigenvalue weighted by atomic mass is 10.2. The van der Waals surface area contributed by atoms with Gasteiger partial charge in [0, 0.05) is 50.7 Å². The zero-order chi connectivity index (χ0) is 15.5. The molecule has 1 aliphatic rings. The van der Waals surface area contributed by atoms with Crippen LogP contribution in [0.1, 0.15) is 16.9 Å². The minimum Gasteiger partial charge on any atom is -0.366 e. The molecule has 1 saturated heterocycles. The fourth-order valence-corrected chi connectivity index (χ4v) is 3.69. The van der Waals surface area contributed by atoms with Crippen molar-refractivity contribution in [3.8, 4) is 0 Å². The summed E-state index contributed by atoms with van der Waals surface area (Å²) < 4.78 is 0. The zero-order valence-electron chi connectivity index (χ0n) is 13.4. The predicted octanol–water partition coefficient (Wildman–Crippen LogP) is 2.60. The van der Waals surface area contributed by atoms with Gasteiger partial charge in [0.05, 0.1) is 0 Å². The van der Waals surface area contributed by atoms with Gasteiger partial charge in [0.2, 0.25) is 0 Å². The number of hydrogen-bond donors (Lipinski definition) is 1. The lowest BCUT2D eigenvalue weighted by Crippen LogP contribution is -2.26. The Morgan fingerprint density at radius 1 is 1.41 bits per heavy atom. The van der Waals surface area contributed by atoms with E-state index in [1.54, 1.807) is 6.33 Å². The first-order valence-corrected chi connectivity index (χ1v) is 8.51. The quantitative estimate of drug-likeness (QED) is 0.918. The summed E-state index contributed by atoms with van der Waals surface area (Å²) in [5, 5.41) is 5.72. The summed E-state index contributed by atoms with van der Waals surface area (Å²) in [5.41, 5.74) is 1.41. The van der Waals surface area contributed by atoms with Gasteiger partial charge in [0.1, 0.15) is 18.0 Å². The zero-order valence-corrected chi connectivity index (χ0v) is 14.2. The third-order valence-corrected chi connectivity index (χ3v) is 5.08. The van der Waals surface area contributed by atoms with E-state index in [-0.39, 0.29) is 0 Å². The standard InChI is InChI=1S/C16H23N5S/c1-12-5-7-22-14(12)10-21-6-4-13(9-21)19-15-8-16(20(2)3)18-11-17-15/h5,7-8,11,13H,4,6,9-10H2,1-3H3,(H,17,18,19). The Hall–Kier alpha value is -1.66. The Morgan fingerprint density at radius 2 is 2.27 bits per heavy atom. The van der Waals surface area contributed by atoms with Crippen LogP contribution in [0.15, 0.2) is 23.8 Å². The molecule has 2 aromatic rings. The van der Waals surface area contributed by atoms with Crippen LogP contribution in [0, 0.1) is 6.92 Å². The Morgan fingerprint density at radius 3 is 3.00 bits per heavy atom. The largest absolute Gasteiger partial charge is 0.366 e. The molecule has 5 nitrogen and oxygen atoms in total. The maximum atomic E-state index is 4.33. The van der Waals surface area contributed by atoms with E-state index in [2.05, 4.69) is 38.6 Å². The van der Waals surface area contributed by atoms with E-state index in [1.165, 1.54) is 10.4 Å². The molecule has 2 aromatic heterocycles. The lowest BCUT2D eigenvalue weighted by molar-refractivity contribution is 0.331. The number of anilines is 2. The molecule has 118 valence electrons. The van der Waals surface area contributed by atoms with Gasteiger partial charge in [-0.1, -0.05) is 0 Å². The van der Waals surface area contributed by atoms with Crippen LogP contribution in [0.4, 0.5) is 11.6 Å². The van der Waals surface area contributed by atoms with Gasteiger partial charge in [-0.15, -0.1) is 11.3 Å². The van der Waals surface area contributed by atoms with Gasteiger partial charge in [-0.2, -0.15) is 0 Å². The number of aromatic nitrogens is 2. The molecule has 3 heterocycles. The van der Waals surface area contributed by atoms with E-state index >= 15 is 0 Å². The van der Waals surface area contributed by atoms with Crippen molar-refractivity contribution in [3.05, 3.63) is 34.3 Å². The van der Waals surface area contributed by atoms with Crippen molar-refractivity contribution in [1.29, 1.82) is 0 Å². The fourth-order valence-electron chi connectivity index (χ4n) is 2.74. The Labute approximate surface area is 136 Å². The van der Waals surface area contributed by atoms with Crippen molar-refractivity contribution in [2.75, 3.05) is 37.4 Å². The summed E-state index contributed by atoms with van der Waals surface area (Å²) >= 11 is 1.86. The summed E-state index contributed by atoms with van der Waals surface area (Å²) in [4.78, 5) is 14.6. The SMILES string of the molecule is Cc1ccsc1CN1CCC(Nc2cc(N(C)C)ncn2)C1. The van der Waals surface area contributed by atoms with Gasteiger partial charge >= 0.3 is 0 Å². The van der Waals surface area contributed by atoms with Gasteiger partial charge in [-0.05, 0) is 30.4 Å². The van der Waals surface area contributed by atoms with Crippen LogP contribution in [0.5, 0.6) is 0 Å². The molecule has 0 saturated carbocycles. The van der Waals surface area contributed by atoms with Gasteiger partial charge in [-0.3, -0.25) is 4.90 Å². The van der Waals surface area contributed by atoms with Crippen molar-refractivity contribution in [3.63, 3.8) is 0 Å². The highest BCUT2D eigenvalue weighted by molar-refractivity contribution is 7.10. The number of rotatable bonds is 5. The summed E-state index contributed by atoms with van der Waals surface area (Å²) in [6.45, 7) is 5.47. The van der Waals surface area contributed by atoms with Crippen LogP contribution in [-0.4, -0.2) is 48.1 Å². The van der Waals surface area contributed by atoms with Crippen molar-refractivity contribution in [2.45, 2.75) is 25.9 Å². The highest BCUT2D eigenvalue weighted by Gasteiger charge is 2.23. The third-order valence-electron chi connectivity index (χ3n) is 4.07. The maximum Gasteiger partial charge on any atom is 0.133 e. The first-order chi connectivity index (χ1) is 10.6. The van der Waals surface area contributed by atoms with Crippen molar-refractivity contribution < 1.29 is 0 Å². The molecule has 0 spiro atoms. The molecule has 1 atom stereocenters. The molecule has 0 bridgehead atoms. The molecule has 0 aliphatic carbocycles. The average Bonchev–Trinajstić information content (AvgIpc) is 3.10. The first-order valence-electron chi connectivity index (χ1n) is 7.63. The van der Waals surface area contributed by atoms with Crippen molar-refractivity contribution in [2.24, 2.45) is 0 Å². The normalized spacial score (nSPS) is 18.6. The van der Waals surface area contributed by atoms with Gasteiger partial charge in [0.15, 0.2) is 0 Å². The number of thiophene rings is 1. The van der Waals surface area contributed by atoms with Crippen LogP contribution in [-0.2, 0) is 6.54 Å². The predicted molar refractivity (Wildman–Crippen MR) is 92.7 cm³/mol. The molecule has 22 heavy (non-hydrogen) atoms.